The highest BCUT2D eigenvalue weighted by Crippen LogP contribution is 2.35. The number of hydrogen-bond acceptors (Lipinski definition) is 5. The van der Waals surface area contributed by atoms with Gasteiger partial charge in [-0.3, -0.25) is 9.48 Å². The number of amides is 1. The van der Waals surface area contributed by atoms with E-state index in [1.807, 2.05) is 24.3 Å². The third-order valence-electron chi connectivity index (χ3n) is 5.80. The van der Waals surface area contributed by atoms with Crippen molar-refractivity contribution < 1.29 is 9.53 Å². The van der Waals surface area contributed by atoms with Gasteiger partial charge in [0.1, 0.15) is 30.1 Å². The minimum atomic E-state index is -0.130. The van der Waals surface area contributed by atoms with E-state index in [1.54, 1.807) is 16.9 Å². The summed E-state index contributed by atoms with van der Waals surface area (Å²) in [5, 5.41) is 7.62. The van der Waals surface area contributed by atoms with Crippen molar-refractivity contribution in [3.8, 4) is 28.3 Å². The van der Waals surface area contributed by atoms with E-state index in [9.17, 15) is 4.79 Å². The molecule has 7 nitrogen and oxygen atoms in total. The topological polar surface area (TPSA) is 81.9 Å². The molecule has 1 N–H and O–H groups in total. The van der Waals surface area contributed by atoms with Crippen LogP contribution in [0.5, 0.6) is 5.75 Å². The van der Waals surface area contributed by atoms with E-state index in [2.05, 4.69) is 53.4 Å². The van der Waals surface area contributed by atoms with Gasteiger partial charge in [0, 0.05) is 18.3 Å². The highest BCUT2D eigenvalue weighted by atomic mass is 16.5. The lowest BCUT2D eigenvalue weighted by molar-refractivity contribution is 0.0925. The molecule has 0 fully saturated rings. The summed E-state index contributed by atoms with van der Waals surface area (Å²) in [4.78, 5) is 21.0. The summed E-state index contributed by atoms with van der Waals surface area (Å²) in [5.41, 5.74) is 5.99. The van der Waals surface area contributed by atoms with Gasteiger partial charge in [0.25, 0.3) is 5.91 Å². The second-order valence-electron chi connectivity index (χ2n) is 8.36. The number of aromatic nitrogens is 4. The minimum absolute atomic E-state index is 0.130. The molecule has 4 aromatic rings. The Morgan fingerprint density at radius 3 is 2.55 bits per heavy atom. The fourth-order valence-corrected chi connectivity index (χ4v) is 3.98. The van der Waals surface area contributed by atoms with Crippen LogP contribution in [-0.4, -0.2) is 32.2 Å². The Bertz CT molecular complexity index is 1260. The molecule has 33 heavy (non-hydrogen) atoms. The molecule has 0 bridgehead atoms. The van der Waals surface area contributed by atoms with Crippen LogP contribution in [0.1, 0.15) is 41.4 Å². The summed E-state index contributed by atoms with van der Waals surface area (Å²) in [6, 6.07) is 18.1. The molecule has 2 aromatic carbocycles. The van der Waals surface area contributed by atoms with Crippen LogP contribution >= 0.6 is 0 Å². The molecular formula is C26H25N5O2. The summed E-state index contributed by atoms with van der Waals surface area (Å²) >= 11 is 0. The maximum Gasteiger partial charge on any atom is 0.270 e. The van der Waals surface area contributed by atoms with Gasteiger partial charge < -0.3 is 10.1 Å². The van der Waals surface area contributed by atoms with Crippen LogP contribution in [0.4, 0.5) is 0 Å². The molecule has 0 unspecified atom stereocenters. The van der Waals surface area contributed by atoms with Gasteiger partial charge >= 0.3 is 0 Å². The molecule has 166 valence electrons. The fourth-order valence-electron chi connectivity index (χ4n) is 3.98. The molecule has 0 atom stereocenters. The van der Waals surface area contributed by atoms with Crippen molar-refractivity contribution in [1.82, 2.24) is 25.1 Å². The van der Waals surface area contributed by atoms with E-state index in [-0.39, 0.29) is 5.91 Å². The molecule has 0 radical (unpaired) electrons. The molecule has 1 aliphatic heterocycles. The average Bonchev–Trinajstić information content (AvgIpc) is 3.25. The van der Waals surface area contributed by atoms with Gasteiger partial charge in [0.05, 0.1) is 12.2 Å². The third kappa shape index (κ3) is 4.22. The molecule has 0 saturated carbocycles. The van der Waals surface area contributed by atoms with Crippen LogP contribution in [0.3, 0.4) is 0 Å². The summed E-state index contributed by atoms with van der Waals surface area (Å²) in [5.74, 6) is 1.14. The largest absolute Gasteiger partial charge is 0.489 e. The Morgan fingerprint density at radius 1 is 1.06 bits per heavy atom. The highest BCUT2D eigenvalue weighted by molar-refractivity contribution is 6.03. The number of carbonyl (C=O) groups is 1. The van der Waals surface area contributed by atoms with Gasteiger partial charge in [-0.25, -0.2) is 9.97 Å². The van der Waals surface area contributed by atoms with Crippen molar-refractivity contribution in [2.24, 2.45) is 0 Å². The summed E-state index contributed by atoms with van der Waals surface area (Å²) < 4.78 is 7.75. The molecule has 7 heteroatoms. The van der Waals surface area contributed by atoms with Gasteiger partial charge in [-0.2, -0.15) is 5.10 Å². The van der Waals surface area contributed by atoms with Gasteiger partial charge in [0.15, 0.2) is 0 Å². The molecule has 2 aromatic heterocycles. The van der Waals surface area contributed by atoms with Gasteiger partial charge in [0.2, 0.25) is 0 Å². The standard InChI is InChI=1S/C26H25N5O2/c1-17(2)19-5-3-18(4-6-19)15-33-21-9-7-20(8-10-21)23-24(22-11-12-27-16-29-22)30-31-14-13-28-26(32)25(23)31/h3-12,16-17H,13-15H2,1-2H3,(H,28,32). The van der Waals surface area contributed by atoms with E-state index >= 15 is 0 Å². The second kappa shape index (κ2) is 8.86. The van der Waals surface area contributed by atoms with Crippen LogP contribution in [0, 0.1) is 0 Å². The molecule has 1 aliphatic rings. The van der Waals surface area contributed by atoms with Crippen molar-refractivity contribution in [3.63, 3.8) is 0 Å². The Morgan fingerprint density at radius 2 is 1.85 bits per heavy atom. The summed E-state index contributed by atoms with van der Waals surface area (Å²) in [6.45, 7) is 6.04. The molecule has 0 aliphatic carbocycles. The number of ether oxygens (including phenoxy) is 1. The first-order chi connectivity index (χ1) is 16.1. The number of rotatable bonds is 6. The molecule has 1 amide bonds. The molecule has 3 heterocycles. The number of fused-ring (bicyclic) bond motifs is 1. The number of nitrogens with one attached hydrogen (secondary N) is 1. The maximum atomic E-state index is 12.7. The van der Waals surface area contributed by atoms with Gasteiger partial charge in [-0.1, -0.05) is 50.2 Å². The normalized spacial score (nSPS) is 13.0. The second-order valence-corrected chi connectivity index (χ2v) is 8.36. The van der Waals surface area contributed by atoms with Crippen LogP contribution < -0.4 is 10.1 Å². The first-order valence-corrected chi connectivity index (χ1v) is 11.1. The zero-order valence-electron chi connectivity index (χ0n) is 18.7. The molecular weight excluding hydrogens is 414 g/mol. The Hall–Kier alpha value is -4.00. The van der Waals surface area contributed by atoms with Crippen LogP contribution in [0.15, 0.2) is 67.1 Å². The lowest BCUT2D eigenvalue weighted by atomic mass is 10.00. The Kier molecular flexibility index (Phi) is 5.60. The predicted molar refractivity (Wildman–Crippen MR) is 126 cm³/mol. The van der Waals surface area contributed by atoms with E-state index in [1.165, 1.54) is 11.9 Å². The summed E-state index contributed by atoms with van der Waals surface area (Å²) in [7, 11) is 0. The van der Waals surface area contributed by atoms with Gasteiger partial charge in [-0.15, -0.1) is 0 Å². The molecule has 0 saturated heterocycles. The smallest absolute Gasteiger partial charge is 0.270 e. The average molecular weight is 440 g/mol. The van der Waals surface area contributed by atoms with Crippen LogP contribution in [0.25, 0.3) is 22.5 Å². The number of carbonyl (C=O) groups excluding carboxylic acids is 1. The quantitative estimate of drug-likeness (QED) is 0.480. The lowest BCUT2D eigenvalue weighted by Gasteiger charge is -2.15. The van der Waals surface area contributed by atoms with Crippen molar-refractivity contribution in [2.45, 2.75) is 32.9 Å². The molecule has 0 spiro atoms. The first-order valence-electron chi connectivity index (χ1n) is 11.1. The number of nitrogens with zero attached hydrogens (tertiary/aromatic N) is 4. The van der Waals surface area contributed by atoms with Crippen LogP contribution in [0.2, 0.25) is 0 Å². The van der Waals surface area contributed by atoms with E-state index in [0.29, 0.717) is 42.7 Å². The van der Waals surface area contributed by atoms with E-state index < -0.39 is 0 Å². The monoisotopic (exact) mass is 439 g/mol. The van der Waals surface area contributed by atoms with Crippen molar-refractivity contribution in [3.05, 3.63) is 83.9 Å². The maximum absolute atomic E-state index is 12.7. The first kappa shape index (κ1) is 20.9. The third-order valence-corrected chi connectivity index (χ3v) is 5.80. The van der Waals surface area contributed by atoms with Crippen molar-refractivity contribution in [1.29, 1.82) is 0 Å². The molecule has 5 rings (SSSR count). The van der Waals surface area contributed by atoms with Crippen molar-refractivity contribution in [2.75, 3.05) is 6.54 Å². The zero-order valence-corrected chi connectivity index (χ0v) is 18.7. The van der Waals surface area contributed by atoms with E-state index in [0.717, 1.165) is 22.4 Å². The Balaban J connectivity index is 1.42. The minimum Gasteiger partial charge on any atom is -0.489 e. The van der Waals surface area contributed by atoms with E-state index in [4.69, 9.17) is 9.84 Å². The van der Waals surface area contributed by atoms with Gasteiger partial charge in [-0.05, 0) is 40.8 Å². The fraction of sp³-hybridized carbons (Fsp3) is 0.231. The summed E-state index contributed by atoms with van der Waals surface area (Å²) in [6.07, 6.45) is 3.16. The number of hydrogen-bond donors (Lipinski definition) is 1. The lowest BCUT2D eigenvalue weighted by Crippen LogP contribution is -2.35. The SMILES string of the molecule is CC(C)c1ccc(COc2ccc(-c3c(-c4ccncn4)nn4c3C(=O)NCC4)cc2)cc1. The Labute approximate surface area is 192 Å². The van der Waals surface area contributed by atoms with Crippen LogP contribution in [-0.2, 0) is 13.2 Å². The van der Waals surface area contributed by atoms with Crippen molar-refractivity contribution >= 4 is 5.91 Å². The zero-order chi connectivity index (χ0) is 22.8. The number of benzene rings is 2. The predicted octanol–water partition coefficient (Wildman–Crippen LogP) is 4.45. The highest BCUT2D eigenvalue weighted by Gasteiger charge is 2.28.